The first-order chi connectivity index (χ1) is 13.5. The summed E-state index contributed by atoms with van der Waals surface area (Å²) >= 11 is 6.48. The summed E-state index contributed by atoms with van der Waals surface area (Å²) in [5.41, 5.74) is 4.04. The van der Waals surface area contributed by atoms with Crippen molar-refractivity contribution in [2.24, 2.45) is 0 Å². The Kier molecular flexibility index (Phi) is 6.77. The van der Waals surface area contributed by atoms with Gasteiger partial charge >= 0.3 is 0 Å². The third kappa shape index (κ3) is 5.40. The van der Waals surface area contributed by atoms with Crippen molar-refractivity contribution >= 4 is 17.3 Å². The second-order valence-electron chi connectivity index (χ2n) is 6.47. The molecule has 28 heavy (non-hydrogen) atoms. The maximum atomic E-state index is 13.0. The Hall–Kier alpha value is -2.72. The molecular formula is C23H23ClFNO2. The van der Waals surface area contributed by atoms with Crippen molar-refractivity contribution in [3.05, 3.63) is 88.2 Å². The zero-order valence-electron chi connectivity index (χ0n) is 16.0. The molecule has 1 N–H and O–H groups in total. The Morgan fingerprint density at radius 2 is 1.64 bits per heavy atom. The molecule has 0 spiro atoms. The second kappa shape index (κ2) is 9.47. The van der Waals surface area contributed by atoms with Crippen LogP contribution in [-0.4, -0.2) is 6.61 Å². The summed E-state index contributed by atoms with van der Waals surface area (Å²) < 4.78 is 24.7. The molecule has 0 aliphatic carbocycles. The standard InChI is InChI=1S/C23H23ClFNO2/c1-3-27-22-13-18(14-26-20-10-8-19(25)9-11-20)12-21(24)23(22)28-15-17-6-4-16(2)5-7-17/h4-13,26H,3,14-15H2,1-2H3. The highest BCUT2D eigenvalue weighted by atomic mass is 35.5. The molecule has 0 aliphatic heterocycles. The average Bonchev–Trinajstić information content (AvgIpc) is 2.68. The van der Waals surface area contributed by atoms with Crippen LogP contribution in [0, 0.1) is 12.7 Å². The predicted molar refractivity (Wildman–Crippen MR) is 112 cm³/mol. The lowest BCUT2D eigenvalue weighted by Crippen LogP contribution is -2.04. The van der Waals surface area contributed by atoms with Crippen LogP contribution in [0.1, 0.15) is 23.6 Å². The molecule has 0 aromatic heterocycles. The van der Waals surface area contributed by atoms with E-state index in [4.69, 9.17) is 21.1 Å². The molecule has 3 aromatic carbocycles. The van der Waals surface area contributed by atoms with E-state index in [-0.39, 0.29) is 5.82 Å². The van der Waals surface area contributed by atoms with Gasteiger partial charge in [0.05, 0.1) is 11.6 Å². The lowest BCUT2D eigenvalue weighted by atomic mass is 10.1. The summed E-state index contributed by atoms with van der Waals surface area (Å²) in [6, 6.07) is 18.2. The average molecular weight is 400 g/mol. The van der Waals surface area contributed by atoms with Gasteiger partial charge in [-0.15, -0.1) is 0 Å². The van der Waals surface area contributed by atoms with E-state index in [9.17, 15) is 4.39 Å². The van der Waals surface area contributed by atoms with Crippen molar-refractivity contribution < 1.29 is 13.9 Å². The molecule has 3 nitrogen and oxygen atoms in total. The summed E-state index contributed by atoms with van der Waals surface area (Å²) in [5.74, 6) is 0.884. The fourth-order valence-electron chi connectivity index (χ4n) is 2.74. The largest absolute Gasteiger partial charge is 0.490 e. The van der Waals surface area contributed by atoms with Gasteiger partial charge in [-0.05, 0) is 61.4 Å². The summed E-state index contributed by atoms with van der Waals surface area (Å²) in [4.78, 5) is 0. The normalized spacial score (nSPS) is 10.6. The van der Waals surface area contributed by atoms with Crippen LogP contribution in [0.15, 0.2) is 60.7 Å². The Labute approximate surface area is 170 Å². The number of halogens is 2. The highest BCUT2D eigenvalue weighted by Crippen LogP contribution is 2.37. The lowest BCUT2D eigenvalue weighted by molar-refractivity contribution is 0.269. The Morgan fingerprint density at radius 1 is 0.929 bits per heavy atom. The van der Waals surface area contributed by atoms with E-state index in [2.05, 4.69) is 5.32 Å². The van der Waals surface area contributed by atoms with E-state index in [0.717, 1.165) is 16.8 Å². The van der Waals surface area contributed by atoms with Crippen molar-refractivity contribution in [1.29, 1.82) is 0 Å². The molecule has 0 heterocycles. The van der Waals surface area contributed by atoms with Crippen LogP contribution in [0.5, 0.6) is 11.5 Å². The van der Waals surface area contributed by atoms with Gasteiger partial charge in [-0.1, -0.05) is 41.4 Å². The molecule has 0 saturated heterocycles. The monoisotopic (exact) mass is 399 g/mol. The first kappa shape index (κ1) is 20.0. The SMILES string of the molecule is CCOc1cc(CNc2ccc(F)cc2)cc(Cl)c1OCc1ccc(C)cc1. The molecule has 0 fully saturated rings. The van der Waals surface area contributed by atoms with Crippen LogP contribution in [-0.2, 0) is 13.2 Å². The number of aryl methyl sites for hydroxylation is 1. The predicted octanol–water partition coefficient (Wildman–Crippen LogP) is 6.38. The maximum Gasteiger partial charge on any atom is 0.180 e. The summed E-state index contributed by atoms with van der Waals surface area (Å²) in [7, 11) is 0. The number of rotatable bonds is 8. The third-order valence-electron chi connectivity index (χ3n) is 4.21. The zero-order chi connectivity index (χ0) is 19.9. The molecule has 0 saturated carbocycles. The minimum Gasteiger partial charge on any atom is -0.490 e. The van der Waals surface area contributed by atoms with Gasteiger partial charge in [0.15, 0.2) is 11.5 Å². The first-order valence-electron chi connectivity index (χ1n) is 9.18. The molecule has 0 aliphatic rings. The summed E-state index contributed by atoms with van der Waals surface area (Å²) in [5, 5.41) is 3.74. The highest BCUT2D eigenvalue weighted by Gasteiger charge is 2.13. The Morgan fingerprint density at radius 3 is 2.32 bits per heavy atom. The number of anilines is 1. The van der Waals surface area contributed by atoms with E-state index in [1.807, 2.05) is 50.2 Å². The molecular weight excluding hydrogens is 377 g/mol. The van der Waals surface area contributed by atoms with Gasteiger partial charge < -0.3 is 14.8 Å². The van der Waals surface area contributed by atoms with Crippen LogP contribution in [0.4, 0.5) is 10.1 Å². The van der Waals surface area contributed by atoms with E-state index >= 15 is 0 Å². The molecule has 3 rings (SSSR count). The molecule has 3 aromatic rings. The number of hydrogen-bond donors (Lipinski definition) is 1. The van der Waals surface area contributed by atoms with E-state index < -0.39 is 0 Å². The van der Waals surface area contributed by atoms with Crippen molar-refractivity contribution in [2.45, 2.75) is 27.0 Å². The highest BCUT2D eigenvalue weighted by molar-refractivity contribution is 6.32. The van der Waals surface area contributed by atoms with Gasteiger partial charge in [0.25, 0.3) is 0 Å². The zero-order valence-corrected chi connectivity index (χ0v) is 16.7. The number of ether oxygens (including phenoxy) is 2. The molecule has 5 heteroatoms. The van der Waals surface area contributed by atoms with E-state index in [1.54, 1.807) is 12.1 Å². The van der Waals surface area contributed by atoms with Crippen LogP contribution in [0.2, 0.25) is 5.02 Å². The molecule has 0 radical (unpaired) electrons. The summed E-state index contributed by atoms with van der Waals surface area (Å²) in [6.07, 6.45) is 0. The molecule has 0 unspecified atom stereocenters. The molecule has 146 valence electrons. The van der Waals surface area contributed by atoms with E-state index in [0.29, 0.717) is 36.3 Å². The van der Waals surface area contributed by atoms with Crippen LogP contribution >= 0.6 is 11.6 Å². The van der Waals surface area contributed by atoms with Crippen molar-refractivity contribution in [3.63, 3.8) is 0 Å². The molecule has 0 atom stereocenters. The van der Waals surface area contributed by atoms with Gasteiger partial charge in [0.1, 0.15) is 12.4 Å². The Bertz CT molecular complexity index is 911. The molecule has 0 amide bonds. The van der Waals surface area contributed by atoms with Crippen molar-refractivity contribution in [3.8, 4) is 11.5 Å². The lowest BCUT2D eigenvalue weighted by Gasteiger charge is -2.16. The minimum atomic E-state index is -0.262. The smallest absolute Gasteiger partial charge is 0.180 e. The maximum absolute atomic E-state index is 13.0. The number of nitrogens with one attached hydrogen (secondary N) is 1. The number of benzene rings is 3. The van der Waals surface area contributed by atoms with E-state index in [1.165, 1.54) is 17.7 Å². The summed E-state index contributed by atoms with van der Waals surface area (Å²) in [6.45, 7) is 5.41. The van der Waals surface area contributed by atoms with Crippen molar-refractivity contribution in [1.82, 2.24) is 0 Å². The topological polar surface area (TPSA) is 30.5 Å². The second-order valence-corrected chi connectivity index (χ2v) is 6.88. The van der Waals surface area contributed by atoms with Gasteiger partial charge in [0, 0.05) is 12.2 Å². The van der Waals surface area contributed by atoms with Gasteiger partial charge in [-0.3, -0.25) is 0 Å². The number of hydrogen-bond acceptors (Lipinski definition) is 3. The quantitative estimate of drug-likeness (QED) is 0.477. The van der Waals surface area contributed by atoms with Crippen LogP contribution in [0.25, 0.3) is 0 Å². The van der Waals surface area contributed by atoms with Gasteiger partial charge in [0.2, 0.25) is 0 Å². The van der Waals surface area contributed by atoms with Crippen LogP contribution in [0.3, 0.4) is 0 Å². The van der Waals surface area contributed by atoms with Gasteiger partial charge in [-0.2, -0.15) is 0 Å². The fraction of sp³-hybridized carbons (Fsp3) is 0.217. The van der Waals surface area contributed by atoms with Gasteiger partial charge in [-0.25, -0.2) is 4.39 Å². The minimum absolute atomic E-state index is 0.262. The fourth-order valence-corrected chi connectivity index (χ4v) is 3.03. The Balaban J connectivity index is 1.73. The molecule has 0 bridgehead atoms. The van der Waals surface area contributed by atoms with Crippen LogP contribution < -0.4 is 14.8 Å². The third-order valence-corrected chi connectivity index (χ3v) is 4.49. The van der Waals surface area contributed by atoms with Crippen molar-refractivity contribution in [2.75, 3.05) is 11.9 Å². The first-order valence-corrected chi connectivity index (χ1v) is 9.56.